The van der Waals surface area contributed by atoms with E-state index in [2.05, 4.69) is 26.0 Å². The van der Waals surface area contributed by atoms with Crippen LogP contribution < -0.4 is 4.90 Å². The summed E-state index contributed by atoms with van der Waals surface area (Å²) in [4.78, 5) is 19.6. The zero-order chi connectivity index (χ0) is 18.8. The molecule has 0 atom stereocenters. The lowest BCUT2D eigenvalue weighted by Gasteiger charge is -2.18. The Morgan fingerprint density at radius 2 is 1.89 bits per heavy atom. The number of nitrogens with zero attached hydrogens (tertiary/aromatic N) is 2. The van der Waals surface area contributed by atoms with Crippen molar-refractivity contribution in [1.29, 1.82) is 0 Å². The maximum atomic E-state index is 13.1. The van der Waals surface area contributed by atoms with Crippen molar-refractivity contribution in [1.82, 2.24) is 4.98 Å². The fourth-order valence-corrected chi connectivity index (χ4v) is 4.06. The molecule has 0 spiro atoms. The lowest BCUT2D eigenvalue weighted by molar-refractivity contribution is -0.118. The number of hydrogen-bond acceptors (Lipinski definition) is 4. The number of hydrogen-bond donors (Lipinski definition) is 0. The minimum absolute atomic E-state index is 0.00558. The molecule has 0 unspecified atom stereocenters. The number of carbonyl (C=O) groups is 1. The van der Waals surface area contributed by atoms with E-state index in [-0.39, 0.29) is 5.91 Å². The molecule has 0 fully saturated rings. The van der Waals surface area contributed by atoms with E-state index in [9.17, 15) is 4.79 Å². The molecule has 0 saturated carbocycles. The van der Waals surface area contributed by atoms with Crippen molar-refractivity contribution >= 4 is 32.6 Å². The summed E-state index contributed by atoms with van der Waals surface area (Å²) in [6.45, 7) is 4.52. The van der Waals surface area contributed by atoms with Crippen molar-refractivity contribution in [2.24, 2.45) is 0 Å². The Kier molecular flexibility index (Phi) is 4.77. The van der Waals surface area contributed by atoms with Crippen molar-refractivity contribution in [2.45, 2.75) is 26.8 Å². The monoisotopic (exact) mass is 376 g/mol. The van der Waals surface area contributed by atoms with E-state index in [1.807, 2.05) is 42.5 Å². The Morgan fingerprint density at radius 1 is 1.07 bits per heavy atom. The summed E-state index contributed by atoms with van der Waals surface area (Å²) in [7, 11) is 0. The molecule has 2 aromatic heterocycles. The maximum absolute atomic E-state index is 13.1. The van der Waals surface area contributed by atoms with Gasteiger partial charge < -0.3 is 4.42 Å². The lowest BCUT2D eigenvalue weighted by atomic mass is 10.1. The van der Waals surface area contributed by atoms with Crippen LogP contribution in [0.2, 0.25) is 0 Å². The van der Waals surface area contributed by atoms with Gasteiger partial charge in [0.15, 0.2) is 5.13 Å². The third-order valence-electron chi connectivity index (χ3n) is 4.70. The van der Waals surface area contributed by atoms with E-state index in [4.69, 9.17) is 9.40 Å². The van der Waals surface area contributed by atoms with Gasteiger partial charge in [-0.25, -0.2) is 4.98 Å². The second-order valence-corrected chi connectivity index (χ2v) is 7.58. The number of benzene rings is 2. The topological polar surface area (TPSA) is 46.3 Å². The molecule has 0 N–H and O–H groups in total. The summed E-state index contributed by atoms with van der Waals surface area (Å²) in [6, 6.07) is 17.7. The predicted molar refractivity (Wildman–Crippen MR) is 109 cm³/mol. The molecule has 2 heterocycles. The number of thiazole rings is 1. The third-order valence-corrected chi connectivity index (χ3v) is 5.74. The first-order valence-corrected chi connectivity index (χ1v) is 9.67. The average molecular weight is 376 g/mol. The Hall–Kier alpha value is -2.92. The van der Waals surface area contributed by atoms with E-state index in [0.717, 1.165) is 27.1 Å². The smallest absolute Gasteiger partial charge is 0.233 e. The van der Waals surface area contributed by atoms with E-state index >= 15 is 0 Å². The Bertz CT molecular complexity index is 1070. The SMILES string of the molecule is Cc1ccc2sc(N(Cc3ccco3)C(=O)Cc3ccccc3)nc2c1C. The minimum atomic E-state index is 0.00558. The highest BCUT2D eigenvalue weighted by Crippen LogP contribution is 2.33. The molecule has 4 rings (SSSR count). The molecular weight excluding hydrogens is 356 g/mol. The lowest BCUT2D eigenvalue weighted by Crippen LogP contribution is -2.31. The highest BCUT2D eigenvalue weighted by Gasteiger charge is 2.22. The first-order chi connectivity index (χ1) is 13.1. The number of furan rings is 1. The standard InChI is InChI=1S/C22H20N2O2S/c1-15-10-11-19-21(16(15)2)23-22(27-19)24(14-18-9-6-12-26-18)20(25)13-17-7-4-3-5-8-17/h3-12H,13-14H2,1-2H3. The van der Waals surface area contributed by atoms with Crippen molar-refractivity contribution in [2.75, 3.05) is 4.90 Å². The molecule has 0 saturated heterocycles. The molecular formula is C22H20N2O2S. The molecule has 4 aromatic rings. The molecule has 0 aliphatic carbocycles. The number of fused-ring (bicyclic) bond motifs is 1. The van der Waals surface area contributed by atoms with Gasteiger partial charge in [0.25, 0.3) is 0 Å². The zero-order valence-corrected chi connectivity index (χ0v) is 16.1. The van der Waals surface area contributed by atoms with Gasteiger partial charge in [-0.3, -0.25) is 9.69 Å². The second kappa shape index (κ2) is 7.37. The molecule has 2 aromatic carbocycles. The fraction of sp³-hybridized carbons (Fsp3) is 0.182. The summed E-state index contributed by atoms with van der Waals surface area (Å²) in [5.41, 5.74) is 4.31. The summed E-state index contributed by atoms with van der Waals surface area (Å²) >= 11 is 1.54. The first kappa shape index (κ1) is 17.5. The zero-order valence-electron chi connectivity index (χ0n) is 15.3. The minimum Gasteiger partial charge on any atom is -0.467 e. The van der Waals surface area contributed by atoms with Crippen LogP contribution in [0.5, 0.6) is 0 Å². The molecule has 4 nitrogen and oxygen atoms in total. The Morgan fingerprint density at radius 3 is 2.63 bits per heavy atom. The highest BCUT2D eigenvalue weighted by molar-refractivity contribution is 7.22. The second-order valence-electron chi connectivity index (χ2n) is 6.57. The van der Waals surface area contributed by atoms with E-state index in [1.165, 1.54) is 5.56 Å². The average Bonchev–Trinajstić information content (AvgIpc) is 3.33. The van der Waals surface area contributed by atoms with Crippen LogP contribution in [0.3, 0.4) is 0 Å². The summed E-state index contributed by atoms with van der Waals surface area (Å²) in [5.74, 6) is 0.745. The van der Waals surface area contributed by atoms with Crippen LogP contribution in [0.15, 0.2) is 65.3 Å². The number of anilines is 1. The Balaban J connectivity index is 1.71. The summed E-state index contributed by atoms with van der Waals surface area (Å²) < 4.78 is 6.57. The fourth-order valence-electron chi connectivity index (χ4n) is 3.02. The molecule has 1 amide bonds. The predicted octanol–water partition coefficient (Wildman–Crippen LogP) is 5.28. The van der Waals surface area contributed by atoms with E-state index < -0.39 is 0 Å². The van der Waals surface area contributed by atoms with Crippen LogP contribution in [0.1, 0.15) is 22.5 Å². The molecule has 136 valence electrons. The van der Waals surface area contributed by atoms with Crippen molar-refractivity contribution in [3.05, 3.63) is 83.3 Å². The van der Waals surface area contributed by atoms with Crippen LogP contribution in [0.4, 0.5) is 5.13 Å². The molecule has 0 aliphatic rings. The first-order valence-electron chi connectivity index (χ1n) is 8.85. The molecule has 5 heteroatoms. The highest BCUT2D eigenvalue weighted by atomic mass is 32.1. The normalized spacial score (nSPS) is 11.0. The quantitative estimate of drug-likeness (QED) is 0.476. The van der Waals surface area contributed by atoms with E-state index in [1.54, 1.807) is 22.5 Å². The van der Waals surface area contributed by atoms with Gasteiger partial charge in [-0.2, -0.15) is 0 Å². The maximum Gasteiger partial charge on any atom is 0.233 e. The van der Waals surface area contributed by atoms with Crippen LogP contribution in [0, 0.1) is 13.8 Å². The largest absolute Gasteiger partial charge is 0.467 e. The van der Waals surface area contributed by atoms with Crippen LogP contribution in [-0.4, -0.2) is 10.9 Å². The van der Waals surface area contributed by atoms with Crippen LogP contribution >= 0.6 is 11.3 Å². The van der Waals surface area contributed by atoms with Crippen molar-refractivity contribution < 1.29 is 9.21 Å². The summed E-state index contributed by atoms with van der Waals surface area (Å²) in [5, 5.41) is 0.705. The molecule has 27 heavy (non-hydrogen) atoms. The molecule has 0 bridgehead atoms. The van der Waals surface area contributed by atoms with Crippen LogP contribution in [-0.2, 0) is 17.8 Å². The van der Waals surface area contributed by atoms with Crippen molar-refractivity contribution in [3.8, 4) is 0 Å². The van der Waals surface area contributed by atoms with Gasteiger partial charge in [-0.1, -0.05) is 47.7 Å². The van der Waals surface area contributed by atoms with Crippen molar-refractivity contribution in [3.63, 3.8) is 0 Å². The number of carbonyl (C=O) groups excluding carboxylic acids is 1. The van der Waals surface area contributed by atoms with E-state index in [0.29, 0.717) is 18.1 Å². The number of rotatable bonds is 5. The van der Waals surface area contributed by atoms with Gasteiger partial charge in [0.2, 0.25) is 5.91 Å². The van der Waals surface area contributed by atoms with Gasteiger partial charge in [-0.05, 0) is 48.7 Å². The third kappa shape index (κ3) is 3.64. The summed E-state index contributed by atoms with van der Waals surface area (Å²) in [6.07, 6.45) is 1.95. The van der Waals surface area contributed by atoms with Crippen LogP contribution in [0.25, 0.3) is 10.2 Å². The number of aryl methyl sites for hydroxylation is 2. The molecule has 0 aliphatic heterocycles. The van der Waals surface area contributed by atoms with Gasteiger partial charge in [0.05, 0.1) is 29.4 Å². The molecule has 0 radical (unpaired) electrons. The number of aromatic nitrogens is 1. The Labute approximate surface area is 162 Å². The van der Waals surface area contributed by atoms with Gasteiger partial charge in [0, 0.05) is 0 Å². The van der Waals surface area contributed by atoms with Gasteiger partial charge in [0.1, 0.15) is 5.76 Å². The number of amides is 1. The van der Waals surface area contributed by atoms with Gasteiger partial charge >= 0.3 is 0 Å². The van der Waals surface area contributed by atoms with Gasteiger partial charge in [-0.15, -0.1) is 0 Å².